The van der Waals surface area contributed by atoms with Gasteiger partial charge in [0.15, 0.2) is 5.16 Å². The second-order valence-corrected chi connectivity index (χ2v) is 8.24. The lowest BCUT2D eigenvalue weighted by Gasteiger charge is -2.28. The number of carbonyl (C=O) groups excluding carboxylic acids is 2. The molecule has 4 rings (SSSR count). The van der Waals surface area contributed by atoms with E-state index in [1.165, 1.54) is 16.7 Å². The van der Waals surface area contributed by atoms with Crippen LogP contribution in [0.3, 0.4) is 0 Å². The number of nitrogens with one attached hydrogen (secondary N) is 1. The lowest BCUT2D eigenvalue weighted by Crippen LogP contribution is -2.39. The molecule has 3 heterocycles. The number of amides is 3. The zero-order chi connectivity index (χ0) is 20.2. The second-order valence-electron chi connectivity index (χ2n) is 6.94. The Morgan fingerprint density at radius 3 is 2.66 bits per heavy atom. The van der Waals surface area contributed by atoms with Crippen LogP contribution in [0.15, 0.2) is 35.5 Å². The third-order valence-electron chi connectivity index (χ3n) is 4.93. The quantitative estimate of drug-likeness (QED) is 0.707. The van der Waals surface area contributed by atoms with Crippen LogP contribution in [0.4, 0.5) is 10.7 Å². The van der Waals surface area contributed by atoms with E-state index < -0.39 is 5.25 Å². The average molecular weight is 417 g/mol. The summed E-state index contributed by atoms with van der Waals surface area (Å²) in [6, 6.07) is 9.76. The third-order valence-corrected chi connectivity index (χ3v) is 6.00. The topological polar surface area (TPSA) is 92.6 Å². The number of morpholine rings is 1. The van der Waals surface area contributed by atoms with Crippen molar-refractivity contribution in [3.63, 3.8) is 0 Å². The molecule has 0 radical (unpaired) electrons. The highest BCUT2D eigenvalue weighted by atomic mass is 32.2. The Morgan fingerprint density at radius 1 is 1.21 bits per heavy atom. The van der Waals surface area contributed by atoms with Crippen molar-refractivity contribution in [2.45, 2.75) is 23.9 Å². The van der Waals surface area contributed by atoms with Crippen molar-refractivity contribution < 1.29 is 14.3 Å². The van der Waals surface area contributed by atoms with Gasteiger partial charge in [0.1, 0.15) is 0 Å². The summed E-state index contributed by atoms with van der Waals surface area (Å²) in [4.78, 5) is 27.9. The van der Waals surface area contributed by atoms with E-state index in [0.29, 0.717) is 38.0 Å². The first kappa shape index (κ1) is 19.7. The van der Waals surface area contributed by atoms with E-state index in [9.17, 15) is 9.59 Å². The van der Waals surface area contributed by atoms with Crippen LogP contribution >= 0.6 is 11.8 Å². The summed E-state index contributed by atoms with van der Waals surface area (Å²) in [5, 5.41) is 11.7. The number of anilines is 1. The molecule has 1 N–H and O–H groups in total. The monoisotopic (exact) mass is 416 g/mol. The fraction of sp³-hybridized carbons (Fsp3) is 0.474. The number of urea groups is 1. The van der Waals surface area contributed by atoms with Crippen molar-refractivity contribution in [1.82, 2.24) is 25.0 Å². The Bertz CT molecular complexity index is 868. The summed E-state index contributed by atoms with van der Waals surface area (Å²) in [6.45, 7) is 6.10. The largest absolute Gasteiger partial charge is 0.378 e. The number of hydrogen-bond acceptors (Lipinski definition) is 7. The molecule has 0 saturated carbocycles. The van der Waals surface area contributed by atoms with Crippen LogP contribution in [0.2, 0.25) is 0 Å². The van der Waals surface area contributed by atoms with Crippen LogP contribution in [0, 0.1) is 0 Å². The van der Waals surface area contributed by atoms with Crippen LogP contribution in [0.5, 0.6) is 0 Å². The minimum atomic E-state index is -0.449. The van der Waals surface area contributed by atoms with Gasteiger partial charge in [-0.1, -0.05) is 42.1 Å². The highest BCUT2D eigenvalue weighted by molar-refractivity contribution is 8.00. The van der Waals surface area contributed by atoms with Crippen molar-refractivity contribution in [2.75, 3.05) is 44.3 Å². The standard InChI is InChI=1S/C19H24N6O3S/c1-14(16(26)24-8-7-20-18(24)27)29-19-22-21-17(23-9-11-28-12-10-23)25(19)13-15-5-3-2-4-6-15/h2-6,14H,7-13H2,1H3,(H,20,27). The fourth-order valence-electron chi connectivity index (χ4n) is 3.38. The van der Waals surface area contributed by atoms with Crippen LogP contribution in [-0.2, 0) is 16.1 Å². The molecule has 0 aliphatic carbocycles. The first-order chi connectivity index (χ1) is 14.1. The second kappa shape index (κ2) is 8.83. The van der Waals surface area contributed by atoms with Gasteiger partial charge in [-0.3, -0.25) is 14.3 Å². The molecule has 1 unspecified atom stereocenters. The van der Waals surface area contributed by atoms with Gasteiger partial charge in [-0.05, 0) is 12.5 Å². The van der Waals surface area contributed by atoms with Crippen LogP contribution in [0.25, 0.3) is 0 Å². The van der Waals surface area contributed by atoms with Crippen molar-refractivity contribution in [3.05, 3.63) is 35.9 Å². The van der Waals surface area contributed by atoms with E-state index in [-0.39, 0.29) is 11.9 Å². The lowest BCUT2D eigenvalue weighted by atomic mass is 10.2. The number of rotatable bonds is 6. The van der Waals surface area contributed by atoms with Crippen LogP contribution < -0.4 is 10.2 Å². The van der Waals surface area contributed by atoms with Gasteiger partial charge in [-0.15, -0.1) is 10.2 Å². The SMILES string of the molecule is CC(Sc1nnc(N2CCOCC2)n1Cc1ccccc1)C(=O)N1CCNC1=O. The van der Waals surface area contributed by atoms with Crippen molar-refractivity contribution in [1.29, 1.82) is 0 Å². The van der Waals surface area contributed by atoms with E-state index in [1.54, 1.807) is 6.92 Å². The molecule has 0 spiro atoms. The highest BCUT2D eigenvalue weighted by Gasteiger charge is 2.31. The predicted octanol–water partition coefficient (Wildman–Crippen LogP) is 1.20. The first-order valence-electron chi connectivity index (χ1n) is 9.69. The summed E-state index contributed by atoms with van der Waals surface area (Å²) in [5.41, 5.74) is 1.13. The highest BCUT2D eigenvalue weighted by Crippen LogP contribution is 2.28. The molecule has 2 fully saturated rings. The molecule has 2 aromatic rings. The molecular weight excluding hydrogens is 392 g/mol. The normalized spacial score (nSPS) is 18.0. The Balaban J connectivity index is 1.57. The minimum absolute atomic E-state index is 0.216. The van der Waals surface area contributed by atoms with Crippen molar-refractivity contribution in [2.24, 2.45) is 0 Å². The van der Waals surface area contributed by atoms with Crippen molar-refractivity contribution in [3.8, 4) is 0 Å². The summed E-state index contributed by atoms with van der Waals surface area (Å²) in [6.07, 6.45) is 0. The summed E-state index contributed by atoms with van der Waals surface area (Å²) in [7, 11) is 0. The van der Waals surface area contributed by atoms with E-state index in [0.717, 1.165) is 24.6 Å². The Labute approximate surface area is 173 Å². The average Bonchev–Trinajstić information content (AvgIpc) is 3.35. The smallest absolute Gasteiger partial charge is 0.324 e. The van der Waals surface area contributed by atoms with Crippen LogP contribution in [-0.4, -0.2) is 76.2 Å². The molecule has 1 aromatic carbocycles. The van der Waals surface area contributed by atoms with Gasteiger partial charge in [0.25, 0.3) is 0 Å². The maximum Gasteiger partial charge on any atom is 0.324 e. The van der Waals surface area contributed by atoms with Gasteiger partial charge in [-0.25, -0.2) is 4.79 Å². The minimum Gasteiger partial charge on any atom is -0.378 e. The van der Waals surface area contributed by atoms with Gasteiger partial charge in [0, 0.05) is 26.2 Å². The Morgan fingerprint density at radius 2 is 1.97 bits per heavy atom. The molecule has 1 aromatic heterocycles. The fourth-order valence-corrected chi connectivity index (χ4v) is 4.29. The number of imide groups is 1. The number of carbonyl (C=O) groups is 2. The summed E-state index contributed by atoms with van der Waals surface area (Å²) in [5.74, 6) is 0.561. The van der Waals surface area contributed by atoms with E-state index in [1.807, 2.05) is 22.8 Å². The van der Waals surface area contributed by atoms with Gasteiger partial charge in [-0.2, -0.15) is 0 Å². The number of nitrogens with zero attached hydrogens (tertiary/aromatic N) is 5. The summed E-state index contributed by atoms with van der Waals surface area (Å²) < 4.78 is 7.50. The van der Waals surface area contributed by atoms with Gasteiger partial charge < -0.3 is 15.0 Å². The van der Waals surface area contributed by atoms with Crippen LogP contribution in [0.1, 0.15) is 12.5 Å². The number of hydrogen-bond donors (Lipinski definition) is 1. The number of thioether (sulfide) groups is 1. The maximum atomic E-state index is 12.7. The molecule has 9 nitrogen and oxygen atoms in total. The lowest BCUT2D eigenvalue weighted by molar-refractivity contribution is -0.126. The molecule has 2 aliphatic rings. The molecule has 0 bridgehead atoms. The van der Waals surface area contributed by atoms with Gasteiger partial charge >= 0.3 is 6.03 Å². The van der Waals surface area contributed by atoms with E-state index >= 15 is 0 Å². The molecule has 10 heteroatoms. The number of ether oxygens (including phenoxy) is 1. The summed E-state index contributed by atoms with van der Waals surface area (Å²) >= 11 is 1.33. The number of aromatic nitrogens is 3. The Hall–Kier alpha value is -2.59. The first-order valence-corrected chi connectivity index (χ1v) is 10.6. The predicted molar refractivity (Wildman–Crippen MR) is 109 cm³/mol. The van der Waals surface area contributed by atoms with E-state index in [4.69, 9.17) is 4.74 Å². The van der Waals surface area contributed by atoms with Crippen molar-refractivity contribution >= 4 is 29.6 Å². The number of benzene rings is 1. The zero-order valence-electron chi connectivity index (χ0n) is 16.3. The molecule has 29 heavy (non-hydrogen) atoms. The third kappa shape index (κ3) is 4.38. The molecular formula is C19H24N6O3S. The molecule has 1 atom stereocenters. The molecule has 3 amide bonds. The maximum absolute atomic E-state index is 12.7. The molecule has 2 aliphatic heterocycles. The van der Waals surface area contributed by atoms with Gasteiger partial charge in [0.05, 0.1) is 25.0 Å². The van der Waals surface area contributed by atoms with Gasteiger partial charge in [0.2, 0.25) is 11.9 Å². The van der Waals surface area contributed by atoms with E-state index in [2.05, 4.69) is 32.5 Å². The Kier molecular flexibility index (Phi) is 6.00. The molecule has 2 saturated heterocycles. The molecule has 154 valence electrons. The zero-order valence-corrected chi connectivity index (χ0v) is 17.1.